The summed E-state index contributed by atoms with van der Waals surface area (Å²) in [7, 11) is 1.15. The molecule has 0 spiro atoms. The number of benzene rings is 1. The Hall–Kier alpha value is 0.160. The van der Waals surface area contributed by atoms with Gasteiger partial charge in [0, 0.05) is 15.2 Å². The van der Waals surface area contributed by atoms with Gasteiger partial charge in [0.25, 0.3) is 9.05 Å². The molecular formula is C6H2BrCl2FO2S. The average Bonchev–Trinajstić information content (AvgIpc) is 1.94. The largest absolute Gasteiger partial charge is 0.262 e. The first-order valence-corrected chi connectivity index (χ1v) is 6.39. The SMILES string of the molecule is O=S(=O)(Cl)c1cc(Cl)c(F)cc1Br. The molecule has 0 radical (unpaired) electrons. The molecule has 0 saturated carbocycles. The van der Waals surface area contributed by atoms with E-state index in [2.05, 4.69) is 15.9 Å². The molecule has 1 aromatic rings. The molecular weight excluding hydrogens is 306 g/mol. The lowest BCUT2D eigenvalue weighted by Crippen LogP contribution is -1.93. The smallest absolute Gasteiger partial charge is 0.207 e. The molecule has 72 valence electrons. The van der Waals surface area contributed by atoms with Crippen LogP contribution in [0.5, 0.6) is 0 Å². The maximum atomic E-state index is 12.7. The van der Waals surface area contributed by atoms with Crippen LogP contribution in [0.15, 0.2) is 21.5 Å². The van der Waals surface area contributed by atoms with Gasteiger partial charge < -0.3 is 0 Å². The van der Waals surface area contributed by atoms with E-state index in [4.69, 9.17) is 22.3 Å². The van der Waals surface area contributed by atoms with Gasteiger partial charge in [-0.05, 0) is 28.1 Å². The van der Waals surface area contributed by atoms with Crippen molar-refractivity contribution in [3.05, 3.63) is 27.4 Å². The van der Waals surface area contributed by atoms with Gasteiger partial charge in [-0.25, -0.2) is 12.8 Å². The molecule has 0 N–H and O–H groups in total. The van der Waals surface area contributed by atoms with Crippen LogP contribution in [0, 0.1) is 5.82 Å². The van der Waals surface area contributed by atoms with Crippen molar-refractivity contribution in [1.29, 1.82) is 0 Å². The molecule has 0 aliphatic carbocycles. The standard InChI is InChI=1S/C6H2BrCl2FO2S/c7-3-1-5(10)4(8)2-6(3)13(9,11)12/h1-2H. The summed E-state index contributed by atoms with van der Waals surface area (Å²) in [4.78, 5) is -0.249. The Balaban J connectivity index is 3.50. The quantitative estimate of drug-likeness (QED) is 0.590. The van der Waals surface area contributed by atoms with Crippen molar-refractivity contribution in [2.75, 3.05) is 0 Å². The van der Waals surface area contributed by atoms with E-state index in [9.17, 15) is 12.8 Å². The third-order valence-corrected chi connectivity index (χ3v) is 3.81. The minimum Gasteiger partial charge on any atom is -0.207 e. The summed E-state index contributed by atoms with van der Waals surface area (Å²) in [5, 5.41) is -0.289. The normalized spacial score (nSPS) is 11.7. The van der Waals surface area contributed by atoms with E-state index in [-0.39, 0.29) is 14.4 Å². The van der Waals surface area contributed by atoms with Gasteiger partial charge in [0.2, 0.25) is 0 Å². The Bertz CT molecular complexity index is 446. The highest BCUT2D eigenvalue weighted by atomic mass is 79.9. The molecule has 1 rings (SSSR count). The maximum absolute atomic E-state index is 12.7. The van der Waals surface area contributed by atoms with Crippen LogP contribution in [0.4, 0.5) is 4.39 Å². The highest BCUT2D eigenvalue weighted by Gasteiger charge is 2.17. The Morgan fingerprint density at radius 2 is 1.92 bits per heavy atom. The van der Waals surface area contributed by atoms with Gasteiger partial charge in [-0.2, -0.15) is 0 Å². The monoisotopic (exact) mass is 306 g/mol. The van der Waals surface area contributed by atoms with E-state index in [1.165, 1.54) is 0 Å². The lowest BCUT2D eigenvalue weighted by molar-refractivity contribution is 0.606. The predicted molar refractivity (Wildman–Crippen MR) is 52.1 cm³/mol. The first kappa shape index (κ1) is 11.2. The molecule has 2 nitrogen and oxygen atoms in total. The fraction of sp³-hybridized carbons (Fsp3) is 0. The summed E-state index contributed by atoms with van der Waals surface area (Å²) in [5.41, 5.74) is 0. The van der Waals surface area contributed by atoms with Crippen molar-refractivity contribution in [3.63, 3.8) is 0 Å². The van der Waals surface area contributed by atoms with Crippen LogP contribution in [-0.2, 0) is 9.05 Å². The minimum absolute atomic E-state index is 0.0457. The molecule has 0 aromatic heterocycles. The number of hydrogen-bond donors (Lipinski definition) is 0. The lowest BCUT2D eigenvalue weighted by atomic mass is 10.3. The van der Waals surface area contributed by atoms with Gasteiger partial charge in [-0.15, -0.1) is 0 Å². The summed E-state index contributed by atoms with van der Waals surface area (Å²) < 4.78 is 34.5. The third kappa shape index (κ3) is 2.56. The van der Waals surface area contributed by atoms with Crippen molar-refractivity contribution in [2.24, 2.45) is 0 Å². The van der Waals surface area contributed by atoms with Crippen LogP contribution >= 0.6 is 38.2 Å². The highest BCUT2D eigenvalue weighted by Crippen LogP contribution is 2.29. The lowest BCUT2D eigenvalue weighted by Gasteiger charge is -2.01. The first-order valence-electron chi connectivity index (χ1n) is 2.91. The molecule has 0 aliphatic rings. The molecule has 13 heavy (non-hydrogen) atoms. The molecule has 0 unspecified atom stereocenters. The maximum Gasteiger partial charge on any atom is 0.262 e. The summed E-state index contributed by atoms with van der Waals surface area (Å²) >= 11 is 8.23. The van der Waals surface area contributed by atoms with Gasteiger partial charge in [-0.3, -0.25) is 0 Å². The Morgan fingerprint density at radius 3 is 2.38 bits per heavy atom. The van der Waals surface area contributed by atoms with Crippen molar-refractivity contribution < 1.29 is 12.8 Å². The molecule has 1 aromatic carbocycles. The predicted octanol–water partition coefficient (Wildman–Crippen LogP) is 3.17. The van der Waals surface area contributed by atoms with Gasteiger partial charge >= 0.3 is 0 Å². The molecule has 0 saturated heterocycles. The zero-order valence-corrected chi connectivity index (χ0v) is 9.81. The third-order valence-electron chi connectivity index (χ3n) is 1.24. The topological polar surface area (TPSA) is 34.1 Å². The van der Waals surface area contributed by atoms with E-state index < -0.39 is 14.9 Å². The van der Waals surface area contributed by atoms with Crippen LogP contribution in [0.25, 0.3) is 0 Å². The molecule has 0 aliphatic heterocycles. The second kappa shape index (κ2) is 3.73. The molecule has 0 fully saturated rings. The van der Waals surface area contributed by atoms with Crippen molar-refractivity contribution in [1.82, 2.24) is 0 Å². The zero-order chi connectivity index (χ0) is 10.2. The summed E-state index contributed by atoms with van der Waals surface area (Å²) in [6.45, 7) is 0. The van der Waals surface area contributed by atoms with E-state index in [1.54, 1.807) is 0 Å². The van der Waals surface area contributed by atoms with Crippen LogP contribution in [-0.4, -0.2) is 8.42 Å². The number of rotatable bonds is 1. The molecule has 7 heteroatoms. The van der Waals surface area contributed by atoms with Crippen LogP contribution < -0.4 is 0 Å². The first-order chi connectivity index (χ1) is 5.82. The molecule has 0 bridgehead atoms. The van der Waals surface area contributed by atoms with Crippen molar-refractivity contribution in [3.8, 4) is 0 Å². The number of hydrogen-bond acceptors (Lipinski definition) is 2. The van der Waals surface area contributed by atoms with Crippen LogP contribution in [0.3, 0.4) is 0 Å². The van der Waals surface area contributed by atoms with Gasteiger partial charge in [0.15, 0.2) is 0 Å². The Morgan fingerprint density at radius 1 is 1.38 bits per heavy atom. The molecule has 0 heterocycles. The zero-order valence-electron chi connectivity index (χ0n) is 5.89. The van der Waals surface area contributed by atoms with Crippen LogP contribution in [0.2, 0.25) is 5.02 Å². The Labute approximate surface area is 92.2 Å². The summed E-state index contributed by atoms with van der Waals surface area (Å²) in [6, 6.07) is 1.89. The van der Waals surface area contributed by atoms with E-state index in [1.807, 2.05) is 0 Å². The Kier molecular flexibility index (Phi) is 3.22. The molecule has 0 atom stereocenters. The molecule has 0 amide bonds. The van der Waals surface area contributed by atoms with E-state index in [0.29, 0.717) is 0 Å². The second-order valence-corrected chi connectivity index (χ2v) is 5.93. The summed E-state index contributed by atoms with van der Waals surface area (Å²) in [6.07, 6.45) is 0. The highest BCUT2D eigenvalue weighted by molar-refractivity contribution is 9.10. The van der Waals surface area contributed by atoms with Gasteiger partial charge in [0.05, 0.1) is 9.92 Å². The van der Waals surface area contributed by atoms with E-state index >= 15 is 0 Å². The fourth-order valence-corrected chi connectivity index (χ4v) is 3.09. The minimum atomic E-state index is -3.90. The second-order valence-electron chi connectivity index (χ2n) is 2.13. The average molecular weight is 308 g/mol. The fourth-order valence-electron chi connectivity index (χ4n) is 0.691. The number of halogens is 4. The summed E-state index contributed by atoms with van der Waals surface area (Å²) in [5.74, 6) is -0.711. The van der Waals surface area contributed by atoms with E-state index in [0.717, 1.165) is 12.1 Å². The van der Waals surface area contributed by atoms with Gasteiger partial charge in [0.1, 0.15) is 5.82 Å². The van der Waals surface area contributed by atoms with Crippen molar-refractivity contribution in [2.45, 2.75) is 4.90 Å². The van der Waals surface area contributed by atoms with Gasteiger partial charge in [-0.1, -0.05) is 11.6 Å². The van der Waals surface area contributed by atoms with Crippen LogP contribution in [0.1, 0.15) is 0 Å². The van der Waals surface area contributed by atoms with Crippen molar-refractivity contribution >= 4 is 47.3 Å².